The summed E-state index contributed by atoms with van der Waals surface area (Å²) >= 11 is 12.7. The van der Waals surface area contributed by atoms with Gasteiger partial charge in [-0.3, -0.25) is 14.9 Å². The number of hydrogen-bond donors (Lipinski definition) is 4. The second-order valence-corrected chi connectivity index (χ2v) is 9.89. The lowest BCUT2D eigenvalue weighted by molar-refractivity contribution is -0.117. The van der Waals surface area contributed by atoms with Gasteiger partial charge in [0.2, 0.25) is 11.5 Å². The summed E-state index contributed by atoms with van der Waals surface area (Å²) in [7, 11) is 1.28. The SMILES string of the molecule is COC(=O)Nc1ccc(-c2[nH]c([C@H](Cc3ccc(=O)[nH]c3)NC(=O)C=Cc3cc(Cl)ccc3-n3cnnn3)nc2Cl)cc1. The minimum absolute atomic E-state index is 0.185. The van der Waals surface area contributed by atoms with Crippen molar-refractivity contribution >= 4 is 47.0 Å². The van der Waals surface area contributed by atoms with Crippen LogP contribution in [0.1, 0.15) is 23.0 Å². The van der Waals surface area contributed by atoms with Crippen LogP contribution in [0, 0.1) is 0 Å². The summed E-state index contributed by atoms with van der Waals surface area (Å²) in [5.41, 5.74) is 3.48. The van der Waals surface area contributed by atoms with Crippen LogP contribution in [0.3, 0.4) is 0 Å². The molecule has 0 fully saturated rings. The average Bonchev–Trinajstić information content (AvgIpc) is 3.68. The first-order chi connectivity index (χ1) is 20.8. The molecule has 0 saturated carbocycles. The summed E-state index contributed by atoms with van der Waals surface area (Å²) in [5, 5.41) is 17.4. The molecule has 13 nitrogen and oxygen atoms in total. The second kappa shape index (κ2) is 13.1. The van der Waals surface area contributed by atoms with E-state index in [2.05, 4.69) is 45.8 Å². The van der Waals surface area contributed by atoms with Gasteiger partial charge in [0.15, 0.2) is 5.15 Å². The lowest BCUT2D eigenvalue weighted by atomic mass is 10.1. The van der Waals surface area contributed by atoms with Crippen molar-refractivity contribution in [2.75, 3.05) is 12.4 Å². The zero-order chi connectivity index (χ0) is 30.3. The van der Waals surface area contributed by atoms with Gasteiger partial charge in [0.05, 0.1) is 24.5 Å². The molecule has 0 radical (unpaired) electrons. The molecule has 0 spiro atoms. The van der Waals surface area contributed by atoms with Crippen LogP contribution in [0.25, 0.3) is 23.0 Å². The first-order valence-corrected chi connectivity index (χ1v) is 13.4. The van der Waals surface area contributed by atoms with Crippen molar-refractivity contribution in [2.24, 2.45) is 0 Å². The van der Waals surface area contributed by atoms with Gasteiger partial charge in [-0.1, -0.05) is 41.4 Å². The van der Waals surface area contributed by atoms with Crippen LogP contribution in [0.5, 0.6) is 0 Å². The van der Waals surface area contributed by atoms with Crippen LogP contribution in [0.4, 0.5) is 10.5 Å². The number of hydrogen-bond acceptors (Lipinski definition) is 8. The van der Waals surface area contributed by atoms with E-state index in [0.29, 0.717) is 39.0 Å². The predicted octanol–water partition coefficient (Wildman–Crippen LogP) is 4.34. The Labute approximate surface area is 253 Å². The minimum atomic E-state index is -0.659. The van der Waals surface area contributed by atoms with E-state index < -0.39 is 18.0 Å². The molecular weight excluding hydrogens is 597 g/mol. The summed E-state index contributed by atoms with van der Waals surface area (Å²) < 4.78 is 6.07. The molecular formula is C28H23Cl2N9O4. The maximum Gasteiger partial charge on any atom is 0.411 e. The molecule has 0 unspecified atom stereocenters. The van der Waals surface area contributed by atoms with E-state index in [1.165, 1.54) is 30.3 Å². The van der Waals surface area contributed by atoms with Crippen molar-refractivity contribution in [3.05, 3.63) is 111 Å². The zero-order valence-corrected chi connectivity index (χ0v) is 23.9. The molecule has 5 aromatic rings. The standard InChI is InChI=1S/C28H23Cl2N9O4/c1-43-28(42)33-20-7-3-17(4-8-20)25-26(30)36-27(35-25)21(12-16-2-10-23(40)31-14-16)34-24(41)11-5-18-13-19(29)6-9-22(18)39-15-32-37-38-39/h2-11,13-15,21H,12H2,1H3,(H,31,40)(H,33,42)(H,34,41)(H,35,36)/t21-/m0/s1. The summed E-state index contributed by atoms with van der Waals surface area (Å²) in [6.45, 7) is 0. The zero-order valence-electron chi connectivity index (χ0n) is 22.4. The fraction of sp³-hybridized carbons (Fsp3) is 0.107. The van der Waals surface area contributed by atoms with Gasteiger partial charge in [-0.2, -0.15) is 4.68 Å². The topological polar surface area (TPSA) is 173 Å². The molecule has 218 valence electrons. The smallest absolute Gasteiger partial charge is 0.411 e. The van der Waals surface area contributed by atoms with Crippen molar-refractivity contribution in [1.82, 2.24) is 40.5 Å². The lowest BCUT2D eigenvalue weighted by Crippen LogP contribution is -2.29. The number of benzene rings is 2. The van der Waals surface area contributed by atoms with Crippen molar-refractivity contribution in [3.8, 4) is 16.9 Å². The monoisotopic (exact) mass is 619 g/mol. The summed E-state index contributed by atoms with van der Waals surface area (Å²) in [6.07, 6.45) is 5.65. The number of ether oxygens (including phenoxy) is 1. The largest absolute Gasteiger partial charge is 0.453 e. The first-order valence-electron chi connectivity index (χ1n) is 12.7. The Bertz CT molecular complexity index is 1810. The van der Waals surface area contributed by atoms with E-state index in [0.717, 1.165) is 5.56 Å². The molecule has 0 aliphatic carbocycles. The number of carbonyl (C=O) groups is 2. The molecule has 3 heterocycles. The molecule has 0 aliphatic rings. The number of halogens is 2. The average molecular weight is 620 g/mol. The number of nitrogens with one attached hydrogen (secondary N) is 4. The number of H-pyrrole nitrogens is 2. The van der Waals surface area contributed by atoms with E-state index in [9.17, 15) is 14.4 Å². The van der Waals surface area contributed by atoms with Gasteiger partial charge in [-0.25, -0.2) is 9.78 Å². The van der Waals surface area contributed by atoms with E-state index in [1.54, 1.807) is 60.8 Å². The molecule has 15 heteroatoms. The van der Waals surface area contributed by atoms with Crippen molar-refractivity contribution in [1.29, 1.82) is 0 Å². The van der Waals surface area contributed by atoms with Crippen LogP contribution in [-0.2, 0) is 16.0 Å². The molecule has 4 N–H and O–H groups in total. The Morgan fingerprint density at radius 3 is 2.63 bits per heavy atom. The summed E-state index contributed by atoms with van der Waals surface area (Å²) in [5.74, 6) is -0.0359. The maximum absolute atomic E-state index is 13.2. The van der Waals surface area contributed by atoms with Gasteiger partial charge >= 0.3 is 6.09 Å². The van der Waals surface area contributed by atoms with E-state index in [-0.39, 0.29) is 17.1 Å². The van der Waals surface area contributed by atoms with Gasteiger partial charge in [-0.05, 0) is 52.4 Å². The molecule has 0 bridgehead atoms. The van der Waals surface area contributed by atoms with Crippen LogP contribution < -0.4 is 16.2 Å². The molecule has 0 saturated heterocycles. The molecule has 5 rings (SSSR count). The Balaban J connectivity index is 1.41. The van der Waals surface area contributed by atoms with E-state index in [1.807, 2.05) is 0 Å². The highest BCUT2D eigenvalue weighted by Crippen LogP contribution is 2.29. The van der Waals surface area contributed by atoms with Crippen molar-refractivity contribution < 1.29 is 14.3 Å². The quantitative estimate of drug-likeness (QED) is 0.176. The number of carbonyl (C=O) groups excluding carboxylic acids is 2. The van der Waals surface area contributed by atoms with Crippen LogP contribution in [-0.4, -0.2) is 54.3 Å². The molecule has 2 amide bonds. The van der Waals surface area contributed by atoms with E-state index in [4.69, 9.17) is 23.2 Å². The second-order valence-electron chi connectivity index (χ2n) is 9.10. The van der Waals surface area contributed by atoms with Gasteiger partial charge < -0.3 is 20.0 Å². The maximum atomic E-state index is 13.2. The third kappa shape index (κ3) is 7.33. The number of rotatable bonds is 9. The third-order valence-corrected chi connectivity index (χ3v) is 6.73. The number of imidazole rings is 1. The number of aromatic nitrogens is 7. The number of tetrazole rings is 1. The minimum Gasteiger partial charge on any atom is -0.453 e. The molecule has 3 aromatic heterocycles. The number of methoxy groups -OCH3 is 1. The number of pyridine rings is 1. The first kappa shape index (κ1) is 29.2. The highest BCUT2D eigenvalue weighted by molar-refractivity contribution is 6.32. The van der Waals surface area contributed by atoms with Gasteiger partial charge in [0, 0.05) is 46.6 Å². The fourth-order valence-electron chi connectivity index (χ4n) is 4.16. The normalized spacial score (nSPS) is 11.8. The number of amides is 2. The number of aromatic amines is 2. The lowest BCUT2D eigenvalue weighted by Gasteiger charge is -2.16. The molecule has 1 atom stereocenters. The number of nitrogens with zero attached hydrogens (tertiary/aromatic N) is 5. The van der Waals surface area contributed by atoms with Crippen LogP contribution in [0.15, 0.2) is 78.0 Å². The Morgan fingerprint density at radius 1 is 1.12 bits per heavy atom. The van der Waals surface area contributed by atoms with Crippen LogP contribution in [0.2, 0.25) is 10.2 Å². The van der Waals surface area contributed by atoms with Crippen molar-refractivity contribution in [2.45, 2.75) is 12.5 Å². The van der Waals surface area contributed by atoms with Crippen molar-refractivity contribution in [3.63, 3.8) is 0 Å². The van der Waals surface area contributed by atoms with Gasteiger partial charge in [0.1, 0.15) is 12.2 Å². The van der Waals surface area contributed by atoms with Crippen LogP contribution >= 0.6 is 23.2 Å². The summed E-state index contributed by atoms with van der Waals surface area (Å²) in [6, 6.07) is 14.4. The summed E-state index contributed by atoms with van der Waals surface area (Å²) in [4.78, 5) is 46.6. The molecule has 2 aromatic carbocycles. The number of anilines is 1. The molecule has 0 aliphatic heterocycles. The highest BCUT2D eigenvalue weighted by atomic mass is 35.5. The fourth-order valence-corrected chi connectivity index (χ4v) is 4.59. The van der Waals surface area contributed by atoms with Gasteiger partial charge in [0.25, 0.3) is 0 Å². The Hall–Kier alpha value is -5.27. The Kier molecular flexibility index (Phi) is 8.93. The Morgan fingerprint density at radius 2 is 1.93 bits per heavy atom. The van der Waals surface area contributed by atoms with E-state index >= 15 is 0 Å². The highest BCUT2D eigenvalue weighted by Gasteiger charge is 2.21. The predicted molar refractivity (Wildman–Crippen MR) is 160 cm³/mol. The third-order valence-electron chi connectivity index (χ3n) is 6.22. The molecule has 43 heavy (non-hydrogen) atoms. The van der Waals surface area contributed by atoms with Gasteiger partial charge in [-0.15, -0.1) is 5.10 Å².